The highest BCUT2D eigenvalue weighted by molar-refractivity contribution is 6.35. The number of rotatable bonds is 5. The topological polar surface area (TPSA) is 35.5 Å². The fourth-order valence-electron chi connectivity index (χ4n) is 1.51. The van der Waals surface area contributed by atoms with E-state index in [2.05, 4.69) is 0 Å². The lowest BCUT2D eigenvalue weighted by molar-refractivity contribution is -0.139. The number of esters is 1. The zero-order valence-corrected chi connectivity index (χ0v) is 12.5. The van der Waals surface area contributed by atoms with Crippen molar-refractivity contribution in [2.45, 2.75) is 6.61 Å². The normalized spacial score (nSPS) is 10.6. The molecule has 21 heavy (non-hydrogen) atoms. The van der Waals surface area contributed by atoms with E-state index in [0.717, 1.165) is 5.56 Å². The highest BCUT2D eigenvalue weighted by Crippen LogP contribution is 2.27. The summed E-state index contributed by atoms with van der Waals surface area (Å²) in [5.41, 5.74) is 0.918. The van der Waals surface area contributed by atoms with Crippen molar-refractivity contribution >= 4 is 29.2 Å². The zero-order valence-electron chi connectivity index (χ0n) is 11.0. The number of ether oxygens (including phenoxy) is 2. The average Bonchev–Trinajstić information content (AvgIpc) is 2.48. The molecule has 0 aliphatic rings. The Hall–Kier alpha value is -1.97. The van der Waals surface area contributed by atoms with Crippen LogP contribution in [0.1, 0.15) is 5.56 Å². The Morgan fingerprint density at radius 1 is 1.10 bits per heavy atom. The van der Waals surface area contributed by atoms with Crippen LogP contribution in [0.4, 0.5) is 0 Å². The van der Waals surface area contributed by atoms with Gasteiger partial charge in [-0.2, -0.15) is 0 Å². The van der Waals surface area contributed by atoms with Gasteiger partial charge in [0.05, 0.1) is 17.4 Å². The van der Waals surface area contributed by atoms with Crippen molar-refractivity contribution < 1.29 is 14.3 Å². The molecule has 0 saturated carbocycles. The van der Waals surface area contributed by atoms with Crippen molar-refractivity contribution in [3.63, 3.8) is 0 Å². The molecule has 0 fully saturated rings. The summed E-state index contributed by atoms with van der Waals surface area (Å²) in [7, 11) is 0. The van der Waals surface area contributed by atoms with Gasteiger partial charge in [-0.3, -0.25) is 0 Å². The molecule has 0 bridgehead atoms. The Morgan fingerprint density at radius 3 is 2.57 bits per heavy atom. The summed E-state index contributed by atoms with van der Waals surface area (Å²) in [5, 5.41) is 0.878. The summed E-state index contributed by atoms with van der Waals surface area (Å²) in [6.07, 6.45) is 2.41. The minimum atomic E-state index is -0.496. The summed E-state index contributed by atoms with van der Waals surface area (Å²) in [6.45, 7) is 0.214. The maximum absolute atomic E-state index is 11.5. The van der Waals surface area contributed by atoms with E-state index in [9.17, 15) is 4.79 Å². The van der Waals surface area contributed by atoms with Crippen LogP contribution in [0.3, 0.4) is 0 Å². The van der Waals surface area contributed by atoms with Gasteiger partial charge in [-0.05, 0) is 23.8 Å². The van der Waals surface area contributed by atoms with Crippen molar-refractivity contribution in [2.24, 2.45) is 0 Å². The Bertz CT molecular complexity index is 639. The summed E-state index contributed by atoms with van der Waals surface area (Å²) in [4.78, 5) is 11.5. The standard InChI is InChI=1S/C16H12Cl2O3/c17-13-6-7-15(14(18)10-13)20-9-8-16(19)21-11-12-4-2-1-3-5-12/h1-10H,11H2/b9-8+. The van der Waals surface area contributed by atoms with E-state index >= 15 is 0 Å². The van der Waals surface area contributed by atoms with E-state index in [1.165, 1.54) is 12.3 Å². The van der Waals surface area contributed by atoms with Crippen molar-refractivity contribution in [1.29, 1.82) is 0 Å². The van der Waals surface area contributed by atoms with Gasteiger partial charge in [0.2, 0.25) is 0 Å². The smallest absolute Gasteiger partial charge is 0.334 e. The molecule has 0 N–H and O–H groups in total. The van der Waals surface area contributed by atoms with E-state index < -0.39 is 5.97 Å². The molecule has 0 atom stereocenters. The van der Waals surface area contributed by atoms with Crippen molar-refractivity contribution in [3.05, 3.63) is 76.5 Å². The highest BCUT2D eigenvalue weighted by Gasteiger charge is 2.02. The number of benzene rings is 2. The molecule has 3 nitrogen and oxygen atoms in total. The molecule has 2 aromatic rings. The molecule has 0 aliphatic carbocycles. The van der Waals surface area contributed by atoms with Gasteiger partial charge in [0.25, 0.3) is 0 Å². The first-order valence-corrected chi connectivity index (χ1v) is 6.89. The first kappa shape index (κ1) is 15.4. The van der Waals surface area contributed by atoms with Crippen LogP contribution in [0, 0.1) is 0 Å². The predicted molar refractivity (Wildman–Crippen MR) is 82.5 cm³/mol. The Balaban J connectivity index is 1.82. The lowest BCUT2D eigenvalue weighted by Gasteiger charge is -2.03. The van der Waals surface area contributed by atoms with Crippen LogP contribution in [0.25, 0.3) is 0 Å². The minimum Gasteiger partial charge on any atom is -0.463 e. The molecule has 2 rings (SSSR count). The molecular formula is C16H12Cl2O3. The second kappa shape index (κ2) is 7.72. The SMILES string of the molecule is O=C(/C=C/Oc1ccc(Cl)cc1Cl)OCc1ccccc1. The number of carbonyl (C=O) groups excluding carboxylic acids is 1. The molecule has 0 amide bonds. The first-order chi connectivity index (χ1) is 10.1. The van der Waals surface area contributed by atoms with Gasteiger partial charge in [-0.1, -0.05) is 53.5 Å². The molecule has 108 valence electrons. The number of hydrogen-bond donors (Lipinski definition) is 0. The Morgan fingerprint density at radius 2 is 1.86 bits per heavy atom. The molecule has 0 radical (unpaired) electrons. The maximum atomic E-state index is 11.5. The second-order valence-corrected chi connectivity index (χ2v) is 4.93. The largest absolute Gasteiger partial charge is 0.463 e. The van der Waals surface area contributed by atoms with E-state index in [1.807, 2.05) is 30.3 Å². The molecule has 0 aliphatic heterocycles. The van der Waals surface area contributed by atoms with Crippen molar-refractivity contribution in [1.82, 2.24) is 0 Å². The fraction of sp³-hybridized carbons (Fsp3) is 0.0625. The van der Waals surface area contributed by atoms with Crippen molar-refractivity contribution in [2.75, 3.05) is 0 Å². The zero-order chi connectivity index (χ0) is 15.1. The summed E-state index contributed by atoms with van der Waals surface area (Å²) in [6, 6.07) is 14.2. The van der Waals surface area contributed by atoms with Gasteiger partial charge in [0.1, 0.15) is 12.4 Å². The van der Waals surface area contributed by atoms with E-state index in [1.54, 1.807) is 18.2 Å². The molecule has 0 heterocycles. The average molecular weight is 323 g/mol. The van der Waals surface area contributed by atoms with Crippen LogP contribution < -0.4 is 4.74 Å². The maximum Gasteiger partial charge on any atom is 0.334 e. The van der Waals surface area contributed by atoms with Gasteiger partial charge < -0.3 is 9.47 Å². The van der Waals surface area contributed by atoms with Gasteiger partial charge in [-0.15, -0.1) is 0 Å². The lowest BCUT2D eigenvalue weighted by Crippen LogP contribution is -2.01. The Kier molecular flexibility index (Phi) is 5.67. The third-order valence-electron chi connectivity index (χ3n) is 2.52. The first-order valence-electron chi connectivity index (χ1n) is 6.14. The number of carbonyl (C=O) groups is 1. The molecule has 2 aromatic carbocycles. The highest BCUT2D eigenvalue weighted by atomic mass is 35.5. The van der Waals surface area contributed by atoms with Crippen LogP contribution in [0.2, 0.25) is 10.0 Å². The third kappa shape index (κ3) is 5.14. The fourth-order valence-corrected chi connectivity index (χ4v) is 1.96. The predicted octanol–water partition coefficient (Wildman–Crippen LogP) is 4.63. The monoisotopic (exact) mass is 322 g/mol. The lowest BCUT2D eigenvalue weighted by atomic mass is 10.2. The quantitative estimate of drug-likeness (QED) is 0.457. The molecule has 0 spiro atoms. The summed E-state index contributed by atoms with van der Waals surface area (Å²) < 4.78 is 10.3. The summed E-state index contributed by atoms with van der Waals surface area (Å²) >= 11 is 11.7. The van der Waals surface area contributed by atoms with Gasteiger partial charge in [-0.25, -0.2) is 4.79 Å². The van der Waals surface area contributed by atoms with Crippen LogP contribution in [0.15, 0.2) is 60.9 Å². The van der Waals surface area contributed by atoms with Crippen LogP contribution in [-0.2, 0) is 16.1 Å². The molecule has 0 unspecified atom stereocenters. The molecule has 5 heteroatoms. The summed E-state index contributed by atoms with van der Waals surface area (Å²) in [5.74, 6) is -0.0860. The van der Waals surface area contributed by atoms with E-state index in [-0.39, 0.29) is 6.61 Å². The van der Waals surface area contributed by atoms with Crippen LogP contribution in [0.5, 0.6) is 5.75 Å². The van der Waals surface area contributed by atoms with Gasteiger partial charge in [0.15, 0.2) is 0 Å². The van der Waals surface area contributed by atoms with Crippen LogP contribution in [-0.4, -0.2) is 5.97 Å². The van der Waals surface area contributed by atoms with E-state index in [0.29, 0.717) is 15.8 Å². The van der Waals surface area contributed by atoms with Crippen molar-refractivity contribution in [3.8, 4) is 5.75 Å². The Labute approximate surface area is 132 Å². The second-order valence-electron chi connectivity index (χ2n) is 4.09. The number of hydrogen-bond acceptors (Lipinski definition) is 3. The van der Waals surface area contributed by atoms with Crippen LogP contribution >= 0.6 is 23.2 Å². The molecule has 0 saturated heterocycles. The molecular weight excluding hydrogens is 311 g/mol. The van der Waals surface area contributed by atoms with Gasteiger partial charge >= 0.3 is 5.97 Å². The minimum absolute atomic E-state index is 0.214. The molecule has 0 aromatic heterocycles. The van der Waals surface area contributed by atoms with Gasteiger partial charge in [0, 0.05) is 5.02 Å². The van der Waals surface area contributed by atoms with E-state index in [4.69, 9.17) is 32.7 Å². The third-order valence-corrected chi connectivity index (χ3v) is 3.05. The number of halogens is 2.